The van der Waals surface area contributed by atoms with Crippen molar-refractivity contribution < 1.29 is 9.90 Å². The molecule has 20 heavy (non-hydrogen) atoms. The van der Waals surface area contributed by atoms with Crippen molar-refractivity contribution in [1.29, 1.82) is 0 Å². The van der Waals surface area contributed by atoms with Crippen LogP contribution < -0.4 is 10.6 Å². The molecule has 0 atom stereocenters. The van der Waals surface area contributed by atoms with E-state index in [0.717, 1.165) is 16.8 Å². The fourth-order valence-electron chi connectivity index (χ4n) is 2.00. The molecule has 1 heterocycles. The lowest BCUT2D eigenvalue weighted by atomic mass is 10.1. The van der Waals surface area contributed by atoms with Gasteiger partial charge in [-0.2, -0.15) is 0 Å². The lowest BCUT2D eigenvalue weighted by molar-refractivity contribution is 0.0944. The molecule has 5 nitrogen and oxygen atoms in total. The molecule has 1 amide bonds. The summed E-state index contributed by atoms with van der Waals surface area (Å²) in [5, 5.41) is 14.7. The van der Waals surface area contributed by atoms with Gasteiger partial charge in [0.05, 0.1) is 6.61 Å². The summed E-state index contributed by atoms with van der Waals surface area (Å²) >= 11 is 0. The first-order valence-corrected chi connectivity index (χ1v) is 6.56. The molecular weight excluding hydrogens is 254 g/mol. The van der Waals surface area contributed by atoms with Crippen LogP contribution in [0, 0.1) is 6.92 Å². The van der Waals surface area contributed by atoms with Crippen LogP contribution in [0.1, 0.15) is 21.5 Å². The van der Waals surface area contributed by atoms with Gasteiger partial charge in [-0.25, -0.2) is 0 Å². The third-order valence-corrected chi connectivity index (χ3v) is 3.12. The number of H-pyrrole nitrogens is 1. The van der Waals surface area contributed by atoms with Gasteiger partial charge in [0.1, 0.15) is 0 Å². The maximum atomic E-state index is 12.0. The molecule has 106 valence electrons. The third kappa shape index (κ3) is 3.39. The smallest absolute Gasteiger partial charge is 0.251 e. The number of carbonyl (C=O) groups is 1. The number of aromatic nitrogens is 1. The van der Waals surface area contributed by atoms with Crippen molar-refractivity contribution in [3.8, 4) is 0 Å². The minimum atomic E-state index is -0.165. The number of amides is 1. The van der Waals surface area contributed by atoms with Gasteiger partial charge in [-0.1, -0.05) is 6.07 Å². The maximum Gasteiger partial charge on any atom is 0.251 e. The number of benzene rings is 1. The van der Waals surface area contributed by atoms with Crippen molar-refractivity contribution in [2.24, 2.45) is 0 Å². The van der Waals surface area contributed by atoms with Crippen molar-refractivity contribution in [2.45, 2.75) is 13.5 Å². The number of hydrogen-bond acceptors (Lipinski definition) is 3. The largest absolute Gasteiger partial charge is 0.395 e. The fraction of sp³-hybridized carbons (Fsp3) is 0.267. The quantitative estimate of drug-likeness (QED) is 0.646. The number of hydrogen-bond donors (Lipinski definition) is 4. The van der Waals surface area contributed by atoms with E-state index in [4.69, 9.17) is 5.11 Å². The Morgan fingerprint density at radius 3 is 2.90 bits per heavy atom. The van der Waals surface area contributed by atoms with Crippen molar-refractivity contribution in [1.82, 2.24) is 10.3 Å². The Morgan fingerprint density at radius 2 is 2.20 bits per heavy atom. The minimum Gasteiger partial charge on any atom is -0.395 e. The molecule has 0 saturated heterocycles. The van der Waals surface area contributed by atoms with E-state index >= 15 is 0 Å². The zero-order chi connectivity index (χ0) is 14.4. The summed E-state index contributed by atoms with van der Waals surface area (Å²) in [6, 6.07) is 7.58. The first-order valence-electron chi connectivity index (χ1n) is 6.56. The van der Waals surface area contributed by atoms with Crippen LogP contribution in [0.15, 0.2) is 36.7 Å². The average molecular weight is 273 g/mol. The lowest BCUT2D eigenvalue weighted by Gasteiger charge is -2.12. The Kier molecular flexibility index (Phi) is 4.79. The monoisotopic (exact) mass is 273 g/mol. The molecule has 5 heteroatoms. The molecule has 0 bridgehead atoms. The Morgan fingerprint density at radius 1 is 1.35 bits per heavy atom. The number of carbonyl (C=O) groups excluding carboxylic acids is 1. The molecule has 0 saturated carbocycles. The van der Waals surface area contributed by atoms with E-state index in [-0.39, 0.29) is 19.1 Å². The summed E-state index contributed by atoms with van der Waals surface area (Å²) in [6.07, 6.45) is 3.81. The van der Waals surface area contributed by atoms with Gasteiger partial charge in [0.15, 0.2) is 0 Å². The van der Waals surface area contributed by atoms with E-state index in [2.05, 4.69) is 15.6 Å². The van der Waals surface area contributed by atoms with Gasteiger partial charge in [0.25, 0.3) is 5.91 Å². The second-order valence-corrected chi connectivity index (χ2v) is 4.53. The predicted molar refractivity (Wildman–Crippen MR) is 78.7 cm³/mol. The number of anilines is 1. The van der Waals surface area contributed by atoms with E-state index in [1.807, 2.05) is 37.5 Å². The molecule has 0 unspecified atom stereocenters. The van der Waals surface area contributed by atoms with E-state index in [0.29, 0.717) is 12.1 Å². The molecule has 2 rings (SSSR count). The van der Waals surface area contributed by atoms with Crippen LogP contribution in [0.5, 0.6) is 0 Å². The first-order chi connectivity index (χ1) is 9.72. The van der Waals surface area contributed by atoms with Crippen molar-refractivity contribution in [2.75, 3.05) is 18.5 Å². The highest BCUT2D eigenvalue weighted by Crippen LogP contribution is 2.19. The average Bonchev–Trinajstić information content (AvgIpc) is 2.97. The van der Waals surface area contributed by atoms with Crippen LogP contribution in [0.25, 0.3) is 0 Å². The summed E-state index contributed by atoms with van der Waals surface area (Å²) in [6.45, 7) is 2.81. The second kappa shape index (κ2) is 6.77. The molecule has 0 radical (unpaired) electrons. The molecule has 1 aromatic heterocycles. The number of rotatable bonds is 6. The van der Waals surface area contributed by atoms with Gasteiger partial charge in [-0.3, -0.25) is 4.79 Å². The van der Waals surface area contributed by atoms with Crippen LogP contribution in [-0.2, 0) is 6.54 Å². The highest BCUT2D eigenvalue weighted by atomic mass is 16.3. The number of aliphatic hydroxyl groups is 1. The molecular formula is C15H19N3O2. The minimum absolute atomic E-state index is 0.0593. The zero-order valence-corrected chi connectivity index (χ0v) is 11.4. The third-order valence-electron chi connectivity index (χ3n) is 3.12. The molecule has 0 aliphatic carbocycles. The summed E-state index contributed by atoms with van der Waals surface area (Å²) in [7, 11) is 0. The van der Waals surface area contributed by atoms with E-state index in [9.17, 15) is 4.79 Å². The standard InChI is InChI=1S/C15H19N3O2/c1-11-13(15(20)17-7-8-19)3-2-4-14(11)18-10-12-5-6-16-9-12/h2-6,9,16,18-19H,7-8,10H2,1H3,(H,17,20). The Labute approximate surface area is 118 Å². The van der Waals surface area contributed by atoms with E-state index in [1.54, 1.807) is 6.07 Å². The topological polar surface area (TPSA) is 77.2 Å². The fourth-order valence-corrected chi connectivity index (χ4v) is 2.00. The number of aromatic amines is 1. The first kappa shape index (κ1) is 14.1. The molecule has 4 N–H and O–H groups in total. The van der Waals surface area contributed by atoms with E-state index in [1.165, 1.54) is 0 Å². The molecule has 1 aromatic carbocycles. The van der Waals surface area contributed by atoms with Gasteiger partial charge >= 0.3 is 0 Å². The summed E-state index contributed by atoms with van der Waals surface area (Å²) in [4.78, 5) is 15.0. The highest BCUT2D eigenvalue weighted by Gasteiger charge is 2.10. The van der Waals surface area contributed by atoms with Crippen LogP contribution >= 0.6 is 0 Å². The van der Waals surface area contributed by atoms with Crippen LogP contribution in [-0.4, -0.2) is 29.1 Å². The Bertz CT molecular complexity index is 565. The van der Waals surface area contributed by atoms with Crippen molar-refractivity contribution in [3.63, 3.8) is 0 Å². The summed E-state index contributed by atoms with van der Waals surface area (Å²) in [5.74, 6) is -0.165. The second-order valence-electron chi connectivity index (χ2n) is 4.53. The van der Waals surface area contributed by atoms with Gasteiger partial charge in [0, 0.05) is 36.7 Å². The van der Waals surface area contributed by atoms with Crippen molar-refractivity contribution in [3.05, 3.63) is 53.3 Å². The summed E-state index contributed by atoms with van der Waals surface area (Å²) in [5.41, 5.74) is 3.61. The van der Waals surface area contributed by atoms with Gasteiger partial charge < -0.3 is 20.7 Å². The normalized spacial score (nSPS) is 10.3. The molecule has 0 aliphatic rings. The SMILES string of the molecule is Cc1c(NCc2cc[nH]c2)cccc1C(=O)NCCO. The van der Waals surface area contributed by atoms with Crippen LogP contribution in [0.2, 0.25) is 0 Å². The summed E-state index contributed by atoms with van der Waals surface area (Å²) < 4.78 is 0. The predicted octanol–water partition coefficient (Wildman–Crippen LogP) is 1.66. The molecule has 0 spiro atoms. The zero-order valence-electron chi connectivity index (χ0n) is 11.4. The number of nitrogens with one attached hydrogen (secondary N) is 3. The molecule has 0 fully saturated rings. The Balaban J connectivity index is 2.08. The van der Waals surface area contributed by atoms with Gasteiger partial charge in [-0.15, -0.1) is 0 Å². The molecule has 2 aromatic rings. The maximum absolute atomic E-state index is 12.0. The highest BCUT2D eigenvalue weighted by molar-refractivity contribution is 5.97. The molecule has 0 aliphatic heterocycles. The van der Waals surface area contributed by atoms with Crippen LogP contribution in [0.3, 0.4) is 0 Å². The van der Waals surface area contributed by atoms with Gasteiger partial charge in [-0.05, 0) is 36.2 Å². The number of aliphatic hydroxyl groups excluding tert-OH is 1. The lowest BCUT2D eigenvalue weighted by Crippen LogP contribution is -2.27. The Hall–Kier alpha value is -2.27. The van der Waals surface area contributed by atoms with E-state index < -0.39 is 0 Å². The van der Waals surface area contributed by atoms with Crippen molar-refractivity contribution >= 4 is 11.6 Å². The van der Waals surface area contributed by atoms with Gasteiger partial charge in [0.2, 0.25) is 0 Å². The van der Waals surface area contributed by atoms with Crippen LogP contribution in [0.4, 0.5) is 5.69 Å².